The normalized spacial score (nSPS) is 12.2. The number of hydrogen-bond acceptors (Lipinski definition) is 5. The highest BCUT2D eigenvalue weighted by Gasteiger charge is 2.30. The highest BCUT2D eigenvalue weighted by molar-refractivity contribution is 6.76. The standard InChI is InChI=1S/C30H34F3N5O3Si/c1-29(2,3)41-28(39)37-27-35-23-12-13-34-26(25(23)36-27)24-17-21(18-38(24)19-40-14-15-42(4,5)6)11-10-20-8-7-9-22(16-20)30(31,32)33/h7-9,12-13,16-18H,14-15,19H2,1-6H3,(H2,35,36,37,39). The fourth-order valence-electron chi connectivity index (χ4n) is 3.93. The quantitative estimate of drug-likeness (QED) is 0.131. The third-order valence-electron chi connectivity index (χ3n) is 5.93. The molecule has 4 aromatic rings. The van der Waals surface area contributed by atoms with Crippen molar-refractivity contribution in [2.24, 2.45) is 0 Å². The van der Waals surface area contributed by atoms with Crippen LogP contribution in [0.25, 0.3) is 22.4 Å². The molecule has 0 aliphatic carbocycles. The molecule has 0 atom stereocenters. The van der Waals surface area contributed by atoms with Gasteiger partial charge in [0.05, 0.1) is 16.8 Å². The number of halogens is 3. The average molecular weight is 598 g/mol. The molecule has 0 unspecified atom stereocenters. The Hall–Kier alpha value is -4.08. The summed E-state index contributed by atoms with van der Waals surface area (Å²) in [6.07, 6.45) is -1.71. The maximum atomic E-state index is 13.2. The molecule has 8 nitrogen and oxygen atoms in total. The minimum Gasteiger partial charge on any atom is -0.444 e. The van der Waals surface area contributed by atoms with Gasteiger partial charge in [0.1, 0.15) is 23.5 Å². The molecule has 12 heteroatoms. The van der Waals surface area contributed by atoms with Crippen LogP contribution >= 0.6 is 0 Å². The van der Waals surface area contributed by atoms with Crippen LogP contribution in [0.2, 0.25) is 25.7 Å². The van der Waals surface area contributed by atoms with Gasteiger partial charge in [0.15, 0.2) is 0 Å². The molecule has 3 aromatic heterocycles. The summed E-state index contributed by atoms with van der Waals surface area (Å²) in [6.45, 7) is 12.9. The first kappa shape index (κ1) is 30.9. The molecule has 0 bridgehead atoms. The number of benzene rings is 1. The number of amides is 1. The van der Waals surface area contributed by atoms with Crippen molar-refractivity contribution in [3.05, 3.63) is 65.5 Å². The molecule has 0 aliphatic rings. The second-order valence-electron chi connectivity index (χ2n) is 12.0. The Kier molecular flexibility index (Phi) is 8.84. The van der Waals surface area contributed by atoms with Crippen LogP contribution in [0.15, 0.2) is 48.8 Å². The number of nitrogens with one attached hydrogen (secondary N) is 2. The van der Waals surface area contributed by atoms with E-state index >= 15 is 0 Å². The fraction of sp³-hybridized carbons (Fsp3) is 0.367. The molecule has 0 spiro atoms. The van der Waals surface area contributed by atoms with Crippen LogP contribution in [0.5, 0.6) is 0 Å². The number of hydrogen-bond donors (Lipinski definition) is 2. The van der Waals surface area contributed by atoms with Crippen LogP contribution in [0, 0.1) is 11.8 Å². The lowest BCUT2D eigenvalue weighted by atomic mass is 10.1. The van der Waals surface area contributed by atoms with Crippen LogP contribution in [0.1, 0.15) is 37.5 Å². The predicted octanol–water partition coefficient (Wildman–Crippen LogP) is 7.50. The number of pyridine rings is 1. The molecule has 1 amide bonds. The van der Waals surface area contributed by atoms with Gasteiger partial charge in [-0.25, -0.2) is 9.78 Å². The lowest BCUT2D eigenvalue weighted by Crippen LogP contribution is -2.27. The van der Waals surface area contributed by atoms with Gasteiger partial charge in [0.25, 0.3) is 0 Å². The Morgan fingerprint density at radius 1 is 1.10 bits per heavy atom. The van der Waals surface area contributed by atoms with E-state index in [0.717, 1.165) is 18.2 Å². The number of alkyl halides is 3. The molecular formula is C30H34F3N5O3Si. The summed E-state index contributed by atoms with van der Waals surface area (Å²) in [5, 5.41) is 2.61. The average Bonchev–Trinajstić information content (AvgIpc) is 3.46. The Morgan fingerprint density at radius 2 is 1.83 bits per heavy atom. The zero-order valence-corrected chi connectivity index (χ0v) is 25.4. The number of aromatic amines is 1. The molecule has 0 saturated heterocycles. The number of carbonyl (C=O) groups is 1. The smallest absolute Gasteiger partial charge is 0.416 e. The molecule has 0 fully saturated rings. The van der Waals surface area contributed by atoms with Crippen LogP contribution in [-0.4, -0.2) is 45.9 Å². The van der Waals surface area contributed by atoms with Crippen molar-refractivity contribution in [3.8, 4) is 23.2 Å². The van der Waals surface area contributed by atoms with E-state index < -0.39 is 31.5 Å². The van der Waals surface area contributed by atoms with Crippen molar-refractivity contribution in [2.45, 2.75) is 65.0 Å². The molecule has 3 heterocycles. The molecule has 2 N–H and O–H groups in total. The van der Waals surface area contributed by atoms with Gasteiger partial charge in [-0.1, -0.05) is 37.5 Å². The lowest BCUT2D eigenvalue weighted by molar-refractivity contribution is -0.137. The zero-order valence-electron chi connectivity index (χ0n) is 24.4. The second kappa shape index (κ2) is 12.0. The van der Waals surface area contributed by atoms with Gasteiger partial charge in [-0.2, -0.15) is 13.2 Å². The van der Waals surface area contributed by atoms with E-state index in [9.17, 15) is 18.0 Å². The van der Waals surface area contributed by atoms with Crippen molar-refractivity contribution >= 4 is 31.1 Å². The number of anilines is 1. The topological polar surface area (TPSA) is 94.1 Å². The molecule has 1 aromatic carbocycles. The van der Waals surface area contributed by atoms with Gasteiger partial charge in [0.2, 0.25) is 5.95 Å². The molecule has 0 radical (unpaired) electrons. The first-order chi connectivity index (χ1) is 19.6. The van der Waals surface area contributed by atoms with Gasteiger partial charge in [-0.3, -0.25) is 10.3 Å². The highest BCUT2D eigenvalue weighted by atomic mass is 28.3. The SMILES string of the molecule is CC(C)(C)OC(=O)Nc1nc2c(-c3cc(C#Cc4cccc(C(F)(F)F)c4)cn3COCC[Si](C)(C)C)nccc2[nH]1. The number of nitrogens with zero attached hydrogens (tertiary/aromatic N) is 3. The van der Waals surface area contributed by atoms with Crippen molar-refractivity contribution < 1.29 is 27.4 Å². The van der Waals surface area contributed by atoms with Crippen molar-refractivity contribution in [1.82, 2.24) is 19.5 Å². The summed E-state index contributed by atoms with van der Waals surface area (Å²) >= 11 is 0. The van der Waals surface area contributed by atoms with Crippen LogP contribution in [-0.2, 0) is 22.4 Å². The second-order valence-corrected chi connectivity index (χ2v) is 17.6. The third kappa shape index (κ3) is 8.47. The van der Waals surface area contributed by atoms with E-state index in [0.29, 0.717) is 34.6 Å². The summed E-state index contributed by atoms with van der Waals surface area (Å²) in [4.78, 5) is 24.5. The number of imidazole rings is 1. The van der Waals surface area contributed by atoms with Crippen molar-refractivity contribution in [3.63, 3.8) is 0 Å². The minimum absolute atomic E-state index is 0.197. The Labute approximate surface area is 243 Å². The van der Waals surface area contributed by atoms with E-state index in [2.05, 4.69) is 51.8 Å². The zero-order chi connectivity index (χ0) is 30.7. The van der Waals surface area contributed by atoms with Crippen LogP contribution in [0.3, 0.4) is 0 Å². The van der Waals surface area contributed by atoms with Gasteiger partial charge in [-0.05, 0) is 57.1 Å². The van der Waals surface area contributed by atoms with Gasteiger partial charge in [-0.15, -0.1) is 0 Å². The van der Waals surface area contributed by atoms with E-state index in [1.54, 1.807) is 45.3 Å². The van der Waals surface area contributed by atoms with Gasteiger partial charge in [0, 0.05) is 38.2 Å². The monoisotopic (exact) mass is 597 g/mol. The number of ether oxygens (including phenoxy) is 2. The molecule has 0 aliphatic heterocycles. The summed E-state index contributed by atoms with van der Waals surface area (Å²) in [5.74, 6) is 6.00. The highest BCUT2D eigenvalue weighted by Crippen LogP contribution is 2.30. The Balaban J connectivity index is 1.68. The summed E-state index contributed by atoms with van der Waals surface area (Å²) in [5.41, 5.74) is 1.68. The maximum Gasteiger partial charge on any atom is 0.416 e. The number of aromatic nitrogens is 4. The maximum absolute atomic E-state index is 13.2. The summed E-state index contributed by atoms with van der Waals surface area (Å²) in [6, 6.07) is 9.41. The predicted molar refractivity (Wildman–Crippen MR) is 159 cm³/mol. The molecule has 42 heavy (non-hydrogen) atoms. The van der Waals surface area contributed by atoms with Crippen molar-refractivity contribution in [1.29, 1.82) is 0 Å². The molecule has 4 rings (SSSR count). The number of rotatable bonds is 7. The molecular weight excluding hydrogens is 563 g/mol. The first-order valence-electron chi connectivity index (χ1n) is 13.4. The first-order valence-corrected chi connectivity index (χ1v) is 17.1. The number of H-pyrrole nitrogens is 1. The fourth-order valence-corrected chi connectivity index (χ4v) is 4.68. The summed E-state index contributed by atoms with van der Waals surface area (Å²) in [7, 11) is -1.31. The molecule has 0 saturated carbocycles. The summed E-state index contributed by atoms with van der Waals surface area (Å²) < 4.78 is 52.6. The van der Waals surface area contributed by atoms with E-state index in [-0.39, 0.29) is 18.2 Å². The van der Waals surface area contributed by atoms with Gasteiger partial charge < -0.3 is 19.0 Å². The number of carbonyl (C=O) groups excluding carboxylic acids is 1. The largest absolute Gasteiger partial charge is 0.444 e. The minimum atomic E-state index is -4.45. The van der Waals surface area contributed by atoms with E-state index in [1.165, 1.54) is 12.1 Å². The Bertz CT molecular complexity index is 1640. The number of fused-ring (bicyclic) bond motifs is 1. The lowest BCUT2D eigenvalue weighted by Gasteiger charge is -2.18. The molecule has 222 valence electrons. The van der Waals surface area contributed by atoms with Crippen molar-refractivity contribution in [2.75, 3.05) is 11.9 Å². The Morgan fingerprint density at radius 3 is 2.52 bits per heavy atom. The third-order valence-corrected chi connectivity index (χ3v) is 7.63. The van der Waals surface area contributed by atoms with E-state index in [1.807, 2.05) is 4.57 Å². The van der Waals surface area contributed by atoms with Crippen LogP contribution in [0.4, 0.5) is 23.9 Å². The van der Waals surface area contributed by atoms with Crippen LogP contribution < -0.4 is 5.32 Å². The van der Waals surface area contributed by atoms with Gasteiger partial charge >= 0.3 is 12.3 Å². The van der Waals surface area contributed by atoms with E-state index in [4.69, 9.17) is 9.47 Å².